The highest BCUT2D eigenvalue weighted by Gasteiger charge is 2.08. The number of allylic oxidation sites excluding steroid dienone is 1. The maximum absolute atomic E-state index is 11.8. The zero-order valence-corrected chi connectivity index (χ0v) is 15.4. The van der Waals surface area contributed by atoms with Gasteiger partial charge in [-0.3, -0.25) is 9.78 Å². The largest absolute Gasteiger partial charge is 0.315 e. The molecule has 1 N–H and O–H groups in total. The van der Waals surface area contributed by atoms with E-state index in [0.717, 1.165) is 28.8 Å². The molecule has 0 bridgehead atoms. The van der Waals surface area contributed by atoms with E-state index in [1.807, 2.05) is 63.4 Å². The molecule has 1 aromatic carbocycles. The fourth-order valence-electron chi connectivity index (χ4n) is 2.33. The summed E-state index contributed by atoms with van der Waals surface area (Å²) in [5.41, 5.74) is 4.40. The molecular formula is C21H21ClN2O. The molecule has 1 aromatic heterocycles. The molecule has 2 aromatic rings. The van der Waals surface area contributed by atoms with Crippen molar-refractivity contribution in [3.63, 3.8) is 0 Å². The lowest BCUT2D eigenvalue weighted by Gasteiger charge is -2.09. The van der Waals surface area contributed by atoms with Crippen LogP contribution in [-0.2, 0) is 4.79 Å². The van der Waals surface area contributed by atoms with E-state index in [9.17, 15) is 4.79 Å². The Morgan fingerprint density at radius 1 is 1.28 bits per heavy atom. The van der Waals surface area contributed by atoms with Crippen molar-refractivity contribution < 1.29 is 4.79 Å². The van der Waals surface area contributed by atoms with Crippen LogP contribution >= 0.6 is 11.6 Å². The van der Waals surface area contributed by atoms with Gasteiger partial charge >= 0.3 is 0 Å². The summed E-state index contributed by atoms with van der Waals surface area (Å²) >= 11 is 6.37. The number of anilines is 1. The van der Waals surface area contributed by atoms with Crippen LogP contribution in [0.5, 0.6) is 0 Å². The minimum absolute atomic E-state index is 0.310. The topological polar surface area (TPSA) is 42.0 Å². The van der Waals surface area contributed by atoms with E-state index < -0.39 is 0 Å². The molecule has 0 atom stereocenters. The van der Waals surface area contributed by atoms with Gasteiger partial charge < -0.3 is 5.32 Å². The van der Waals surface area contributed by atoms with Crippen LogP contribution in [0.3, 0.4) is 0 Å². The van der Waals surface area contributed by atoms with E-state index in [4.69, 9.17) is 11.6 Å². The van der Waals surface area contributed by atoms with Gasteiger partial charge in [0.2, 0.25) is 0 Å². The highest BCUT2D eigenvalue weighted by molar-refractivity contribution is 6.48. The Hall–Kier alpha value is -2.57. The van der Waals surface area contributed by atoms with Gasteiger partial charge in [-0.05, 0) is 43.0 Å². The highest BCUT2D eigenvalue weighted by Crippen LogP contribution is 2.28. The summed E-state index contributed by atoms with van der Waals surface area (Å²) in [5, 5.41) is 3.49. The second-order valence-electron chi connectivity index (χ2n) is 5.51. The number of carbonyl (C=O) groups excluding carboxylic acids is 1. The van der Waals surface area contributed by atoms with Gasteiger partial charge in [-0.15, -0.1) is 0 Å². The Balaban J connectivity index is 2.33. The summed E-state index contributed by atoms with van der Waals surface area (Å²) in [6.45, 7) is 5.89. The summed E-state index contributed by atoms with van der Waals surface area (Å²) < 4.78 is 0. The fourth-order valence-corrected chi connectivity index (χ4v) is 2.68. The molecule has 128 valence electrons. The number of rotatable bonds is 4. The van der Waals surface area contributed by atoms with Crippen LogP contribution < -0.4 is 5.32 Å². The summed E-state index contributed by atoms with van der Waals surface area (Å²) in [4.78, 5) is 16.2. The molecule has 1 amide bonds. The lowest BCUT2D eigenvalue weighted by molar-refractivity contribution is -0.111. The molecule has 0 saturated heterocycles. The normalized spacial score (nSPS) is 10.8. The third-order valence-corrected chi connectivity index (χ3v) is 3.92. The maximum atomic E-state index is 11.8. The number of aromatic nitrogens is 1. The number of carbonyl (C=O) groups is 1. The number of hydrogen-bond acceptors (Lipinski definition) is 2. The summed E-state index contributed by atoms with van der Waals surface area (Å²) in [6.07, 6.45) is 5.30. The number of amides is 1. The first-order valence-electron chi connectivity index (χ1n) is 8.28. The van der Waals surface area contributed by atoms with E-state index in [0.29, 0.717) is 17.1 Å². The fraction of sp³-hybridized carbons (Fsp3) is 0.238. The summed E-state index contributed by atoms with van der Waals surface area (Å²) in [6, 6.07) is 9.62. The van der Waals surface area contributed by atoms with E-state index >= 15 is 0 Å². The standard InChI is InChI=1S/C21H21ClN2O/c1-4-6-11-21(25)24-18-10-7-9-16(12-18)17-13-19(15(3)23-14-17)20(22)8-5-2/h7-10,12-14H,4-5H2,1-3H3,(H,24,25)/b20-8+. The van der Waals surface area contributed by atoms with E-state index in [-0.39, 0.29) is 5.91 Å². The molecule has 2 rings (SSSR count). The zero-order valence-electron chi connectivity index (χ0n) is 14.7. The van der Waals surface area contributed by atoms with E-state index in [2.05, 4.69) is 22.1 Å². The Labute approximate surface area is 154 Å². The Kier molecular flexibility index (Phi) is 6.80. The van der Waals surface area contributed by atoms with Crippen molar-refractivity contribution in [2.75, 3.05) is 5.32 Å². The van der Waals surface area contributed by atoms with Gasteiger partial charge in [0.25, 0.3) is 5.91 Å². The van der Waals surface area contributed by atoms with Gasteiger partial charge in [-0.2, -0.15) is 0 Å². The Bertz CT molecular complexity index is 860. The average Bonchev–Trinajstić information content (AvgIpc) is 2.60. The molecule has 25 heavy (non-hydrogen) atoms. The van der Waals surface area contributed by atoms with Crippen molar-refractivity contribution in [1.29, 1.82) is 0 Å². The maximum Gasteiger partial charge on any atom is 0.300 e. The number of hydrogen-bond donors (Lipinski definition) is 1. The number of benzene rings is 1. The van der Waals surface area contributed by atoms with E-state index in [1.165, 1.54) is 0 Å². The van der Waals surface area contributed by atoms with Gasteiger partial charge in [0.1, 0.15) is 0 Å². The Morgan fingerprint density at radius 3 is 2.80 bits per heavy atom. The first-order valence-corrected chi connectivity index (χ1v) is 8.65. The van der Waals surface area contributed by atoms with Crippen molar-refractivity contribution in [3.05, 3.63) is 53.9 Å². The van der Waals surface area contributed by atoms with Gasteiger partial charge in [0, 0.05) is 40.2 Å². The quantitative estimate of drug-likeness (QED) is 0.748. The molecular weight excluding hydrogens is 332 g/mol. The lowest BCUT2D eigenvalue weighted by Crippen LogP contribution is -2.08. The highest BCUT2D eigenvalue weighted by atomic mass is 35.5. The third-order valence-electron chi connectivity index (χ3n) is 3.56. The predicted molar refractivity (Wildman–Crippen MR) is 105 cm³/mol. The second kappa shape index (κ2) is 9.05. The van der Waals surface area contributed by atoms with Crippen LogP contribution in [0.1, 0.15) is 37.9 Å². The molecule has 1 heterocycles. The molecule has 4 heteroatoms. The molecule has 0 aliphatic carbocycles. The zero-order chi connectivity index (χ0) is 18.2. The number of nitrogens with zero attached hydrogens (tertiary/aromatic N) is 1. The number of pyridine rings is 1. The summed E-state index contributed by atoms with van der Waals surface area (Å²) in [7, 11) is 0. The summed E-state index contributed by atoms with van der Waals surface area (Å²) in [5.74, 6) is 5.00. The molecule has 0 aliphatic rings. The molecule has 0 aliphatic heterocycles. The van der Waals surface area contributed by atoms with Crippen LogP contribution in [-0.4, -0.2) is 10.9 Å². The van der Waals surface area contributed by atoms with Gasteiger partial charge in [0.15, 0.2) is 0 Å². The van der Waals surface area contributed by atoms with Crippen molar-refractivity contribution in [3.8, 4) is 23.0 Å². The van der Waals surface area contributed by atoms with Crippen LogP contribution in [0.2, 0.25) is 0 Å². The molecule has 0 unspecified atom stereocenters. The SMILES string of the molecule is CCC#CC(=O)Nc1cccc(-c2cnc(C)c(/C(Cl)=C\CC)c2)c1. The molecule has 0 saturated carbocycles. The lowest BCUT2D eigenvalue weighted by atomic mass is 10.0. The van der Waals surface area contributed by atoms with Crippen molar-refractivity contribution in [1.82, 2.24) is 4.98 Å². The van der Waals surface area contributed by atoms with E-state index in [1.54, 1.807) is 0 Å². The Morgan fingerprint density at radius 2 is 2.08 bits per heavy atom. The van der Waals surface area contributed by atoms with Crippen molar-refractivity contribution >= 4 is 28.2 Å². The second-order valence-corrected chi connectivity index (χ2v) is 5.91. The molecule has 0 radical (unpaired) electrons. The van der Waals surface area contributed by atoms with Gasteiger partial charge in [-0.25, -0.2) is 0 Å². The average molecular weight is 353 g/mol. The first kappa shape index (κ1) is 18.8. The van der Waals surface area contributed by atoms with Crippen molar-refractivity contribution in [2.45, 2.75) is 33.6 Å². The number of nitrogens with one attached hydrogen (secondary N) is 1. The monoisotopic (exact) mass is 352 g/mol. The van der Waals surface area contributed by atoms with Crippen molar-refractivity contribution in [2.24, 2.45) is 0 Å². The third kappa shape index (κ3) is 5.20. The van der Waals surface area contributed by atoms with Gasteiger partial charge in [0.05, 0.1) is 0 Å². The number of halogens is 1. The minimum Gasteiger partial charge on any atom is -0.315 e. The van der Waals surface area contributed by atoms with Crippen LogP contribution in [0.25, 0.3) is 16.2 Å². The smallest absolute Gasteiger partial charge is 0.300 e. The van der Waals surface area contributed by atoms with Crippen LogP contribution in [0.15, 0.2) is 42.6 Å². The predicted octanol–water partition coefficient (Wildman–Crippen LogP) is 5.40. The minimum atomic E-state index is -0.310. The first-order chi connectivity index (χ1) is 12.0. The number of aryl methyl sites for hydroxylation is 1. The van der Waals surface area contributed by atoms with Gasteiger partial charge in [-0.1, -0.05) is 49.6 Å². The van der Waals surface area contributed by atoms with Crippen LogP contribution in [0, 0.1) is 18.8 Å². The molecule has 0 spiro atoms. The molecule has 0 fully saturated rings. The molecule has 3 nitrogen and oxygen atoms in total. The van der Waals surface area contributed by atoms with Crippen LogP contribution in [0.4, 0.5) is 5.69 Å².